The highest BCUT2D eigenvalue weighted by atomic mass is 35.5. The maximum absolute atomic E-state index is 6.08. The number of pyridine rings is 1. The molecule has 0 bridgehead atoms. The maximum Gasteiger partial charge on any atom is 0.0895 e. The van der Waals surface area contributed by atoms with Crippen LogP contribution in [-0.2, 0) is 6.54 Å². The van der Waals surface area contributed by atoms with Crippen molar-refractivity contribution in [2.24, 2.45) is 5.73 Å². The Labute approximate surface area is 98.0 Å². The lowest BCUT2D eigenvalue weighted by atomic mass is 10.1. The Morgan fingerprint density at radius 3 is 2.67 bits per heavy atom. The first-order valence-electron chi connectivity index (χ1n) is 4.57. The highest BCUT2D eigenvalue weighted by Gasteiger charge is 2.07. The average molecular weight is 241 g/mol. The molecule has 1 heterocycles. The van der Waals surface area contributed by atoms with E-state index < -0.39 is 0 Å². The van der Waals surface area contributed by atoms with Gasteiger partial charge in [-0.2, -0.15) is 0 Å². The van der Waals surface area contributed by atoms with Crippen LogP contribution in [-0.4, -0.2) is 4.98 Å². The number of aromatic nitrogens is 1. The lowest BCUT2D eigenvalue weighted by molar-refractivity contribution is 1.07. The molecule has 0 saturated carbocycles. The van der Waals surface area contributed by atoms with Gasteiger partial charge in [-0.25, -0.2) is 0 Å². The third-order valence-electron chi connectivity index (χ3n) is 2.27. The first-order chi connectivity index (χ1) is 7.11. The molecule has 2 nitrogen and oxygen atoms in total. The van der Waals surface area contributed by atoms with Gasteiger partial charge in [0.05, 0.1) is 10.5 Å². The largest absolute Gasteiger partial charge is 0.326 e. The molecule has 78 valence electrons. The fourth-order valence-electron chi connectivity index (χ4n) is 1.63. The molecule has 15 heavy (non-hydrogen) atoms. The second-order valence-corrected chi connectivity index (χ2v) is 4.25. The van der Waals surface area contributed by atoms with Crippen molar-refractivity contribution < 1.29 is 0 Å². The molecule has 4 heteroatoms. The van der Waals surface area contributed by atoms with Crippen LogP contribution in [0.1, 0.15) is 11.3 Å². The van der Waals surface area contributed by atoms with E-state index in [0.717, 1.165) is 22.2 Å². The van der Waals surface area contributed by atoms with Gasteiger partial charge in [0.2, 0.25) is 0 Å². The van der Waals surface area contributed by atoms with Crippen molar-refractivity contribution in [2.45, 2.75) is 13.5 Å². The zero-order valence-corrected chi connectivity index (χ0v) is 9.73. The second-order valence-electron chi connectivity index (χ2n) is 3.41. The lowest BCUT2D eigenvalue weighted by Crippen LogP contribution is -1.99. The lowest BCUT2D eigenvalue weighted by Gasteiger charge is -2.07. The van der Waals surface area contributed by atoms with Gasteiger partial charge in [0, 0.05) is 22.6 Å². The van der Waals surface area contributed by atoms with Crippen LogP contribution in [0.2, 0.25) is 10.0 Å². The number of hydrogen-bond acceptors (Lipinski definition) is 2. The van der Waals surface area contributed by atoms with Gasteiger partial charge in [-0.05, 0) is 30.7 Å². The molecule has 2 N–H and O–H groups in total. The topological polar surface area (TPSA) is 38.9 Å². The Hall–Kier alpha value is -0.830. The molecule has 1 aromatic carbocycles. The third-order valence-corrected chi connectivity index (χ3v) is 2.77. The predicted octanol–water partition coefficient (Wildman–Crippen LogP) is 3.31. The van der Waals surface area contributed by atoms with E-state index in [1.54, 1.807) is 6.07 Å². The van der Waals surface area contributed by atoms with Crippen LogP contribution in [0.4, 0.5) is 0 Å². The zero-order valence-electron chi connectivity index (χ0n) is 8.22. The number of fused-ring (bicyclic) bond motifs is 1. The molecule has 0 aliphatic carbocycles. The molecule has 0 aliphatic heterocycles. The van der Waals surface area contributed by atoms with Gasteiger partial charge >= 0.3 is 0 Å². The first kappa shape index (κ1) is 10.7. The van der Waals surface area contributed by atoms with Gasteiger partial charge in [-0.3, -0.25) is 4.98 Å². The highest BCUT2D eigenvalue weighted by Crippen LogP contribution is 2.29. The molecular weight excluding hydrogens is 231 g/mol. The van der Waals surface area contributed by atoms with E-state index in [1.807, 2.05) is 19.1 Å². The van der Waals surface area contributed by atoms with Crippen molar-refractivity contribution in [2.75, 3.05) is 0 Å². The molecule has 2 rings (SSSR count). The van der Waals surface area contributed by atoms with Gasteiger partial charge in [-0.15, -0.1) is 0 Å². The van der Waals surface area contributed by atoms with Crippen molar-refractivity contribution in [1.29, 1.82) is 0 Å². The summed E-state index contributed by atoms with van der Waals surface area (Å²) in [5, 5.41) is 2.10. The van der Waals surface area contributed by atoms with Gasteiger partial charge in [0.25, 0.3) is 0 Å². The number of benzene rings is 1. The molecule has 0 unspecified atom stereocenters. The van der Waals surface area contributed by atoms with E-state index in [1.165, 1.54) is 0 Å². The molecule has 1 aromatic heterocycles. The normalized spacial score (nSPS) is 10.9. The predicted molar refractivity (Wildman–Crippen MR) is 64.4 cm³/mol. The van der Waals surface area contributed by atoms with Crippen molar-refractivity contribution in [3.8, 4) is 0 Å². The molecular formula is C11H10Cl2N2. The summed E-state index contributed by atoms with van der Waals surface area (Å²) < 4.78 is 0. The summed E-state index contributed by atoms with van der Waals surface area (Å²) in [6, 6.07) is 5.49. The summed E-state index contributed by atoms with van der Waals surface area (Å²) >= 11 is 12.0. The van der Waals surface area contributed by atoms with Crippen LogP contribution in [0.5, 0.6) is 0 Å². The van der Waals surface area contributed by atoms with Crippen LogP contribution in [0.25, 0.3) is 10.9 Å². The minimum atomic E-state index is 0.455. The molecule has 0 atom stereocenters. The van der Waals surface area contributed by atoms with Gasteiger partial charge in [0.1, 0.15) is 0 Å². The second kappa shape index (κ2) is 3.97. The van der Waals surface area contributed by atoms with E-state index >= 15 is 0 Å². The van der Waals surface area contributed by atoms with E-state index in [2.05, 4.69) is 4.98 Å². The monoisotopic (exact) mass is 240 g/mol. The Morgan fingerprint density at radius 1 is 1.27 bits per heavy atom. The number of aryl methyl sites for hydroxylation is 1. The smallest absolute Gasteiger partial charge is 0.0895 e. The van der Waals surface area contributed by atoms with E-state index in [-0.39, 0.29) is 0 Å². The van der Waals surface area contributed by atoms with Gasteiger partial charge in [-0.1, -0.05) is 23.2 Å². The summed E-state index contributed by atoms with van der Waals surface area (Å²) in [4.78, 5) is 4.38. The molecule has 0 spiro atoms. The zero-order chi connectivity index (χ0) is 11.0. The summed E-state index contributed by atoms with van der Waals surface area (Å²) in [6.45, 7) is 2.38. The fourth-order valence-corrected chi connectivity index (χ4v) is 2.17. The number of rotatable bonds is 1. The summed E-state index contributed by atoms with van der Waals surface area (Å²) in [7, 11) is 0. The van der Waals surface area contributed by atoms with Gasteiger partial charge < -0.3 is 5.73 Å². The number of nitrogens with zero attached hydrogens (tertiary/aromatic N) is 1. The Morgan fingerprint density at radius 2 is 2.00 bits per heavy atom. The van der Waals surface area contributed by atoms with Gasteiger partial charge in [0.15, 0.2) is 0 Å². The summed E-state index contributed by atoms with van der Waals surface area (Å²) in [5.74, 6) is 0. The first-order valence-corrected chi connectivity index (χ1v) is 5.32. The third kappa shape index (κ3) is 1.93. The SMILES string of the molecule is Cc1cc(CN)c2cc(Cl)cc(Cl)c2n1. The van der Waals surface area contributed by atoms with Crippen LogP contribution in [0.3, 0.4) is 0 Å². The molecule has 0 radical (unpaired) electrons. The van der Waals surface area contributed by atoms with E-state index in [0.29, 0.717) is 16.6 Å². The van der Waals surface area contributed by atoms with Crippen molar-refractivity contribution in [3.63, 3.8) is 0 Å². The molecule has 0 aliphatic rings. The highest BCUT2D eigenvalue weighted by molar-refractivity contribution is 6.38. The van der Waals surface area contributed by atoms with Crippen molar-refractivity contribution in [3.05, 3.63) is 39.5 Å². The van der Waals surface area contributed by atoms with Crippen LogP contribution < -0.4 is 5.73 Å². The molecule has 2 aromatic rings. The Bertz CT molecular complexity index is 523. The van der Waals surface area contributed by atoms with E-state index in [9.17, 15) is 0 Å². The van der Waals surface area contributed by atoms with Crippen molar-refractivity contribution in [1.82, 2.24) is 4.98 Å². The molecule has 0 saturated heterocycles. The Kier molecular flexibility index (Phi) is 2.83. The fraction of sp³-hybridized carbons (Fsp3) is 0.182. The minimum absolute atomic E-state index is 0.455. The minimum Gasteiger partial charge on any atom is -0.326 e. The number of hydrogen-bond donors (Lipinski definition) is 1. The van der Waals surface area contributed by atoms with Crippen LogP contribution in [0.15, 0.2) is 18.2 Å². The van der Waals surface area contributed by atoms with Crippen LogP contribution in [0, 0.1) is 6.92 Å². The van der Waals surface area contributed by atoms with E-state index in [4.69, 9.17) is 28.9 Å². The number of halogens is 2. The molecule has 0 fully saturated rings. The quantitative estimate of drug-likeness (QED) is 0.831. The summed E-state index contributed by atoms with van der Waals surface area (Å²) in [5.41, 5.74) is 8.36. The Balaban J connectivity index is 2.89. The standard InChI is InChI=1S/C11H10Cl2N2/c1-6-2-7(5-14)9-3-8(12)4-10(13)11(9)15-6/h2-4H,5,14H2,1H3. The average Bonchev–Trinajstić information content (AvgIpc) is 2.18. The van der Waals surface area contributed by atoms with Crippen LogP contribution >= 0.6 is 23.2 Å². The number of nitrogens with two attached hydrogens (primary N) is 1. The molecule has 0 amide bonds. The summed E-state index contributed by atoms with van der Waals surface area (Å²) in [6.07, 6.45) is 0. The maximum atomic E-state index is 6.08. The van der Waals surface area contributed by atoms with Crippen molar-refractivity contribution >= 4 is 34.1 Å².